The van der Waals surface area contributed by atoms with Crippen LogP contribution >= 0.6 is 23.2 Å². The van der Waals surface area contributed by atoms with Gasteiger partial charge in [0.2, 0.25) is 0 Å². The van der Waals surface area contributed by atoms with Crippen LogP contribution in [-0.2, 0) is 27.5 Å². The molecule has 0 amide bonds. The van der Waals surface area contributed by atoms with Crippen molar-refractivity contribution in [3.63, 3.8) is 0 Å². The first kappa shape index (κ1) is 19.1. The highest BCUT2D eigenvalue weighted by molar-refractivity contribution is 7.85. The third kappa shape index (κ3) is 3.68. The largest absolute Gasteiger partial charge is 0.279 e. The number of rotatable bonds is 4. The number of halogens is 2. The average Bonchev–Trinajstić information content (AvgIpc) is 2.97. The molecule has 7 nitrogen and oxygen atoms in total. The maximum Gasteiger partial charge on any atom is 0.264 e. The van der Waals surface area contributed by atoms with Gasteiger partial charge in [0.05, 0.1) is 17.7 Å². The SMILES string of the molecule is CS(=O)(=O)OCc1nnc2n1-c1ccc(Cl)cc1C(c1ccccc1Cl)=NC2. The van der Waals surface area contributed by atoms with Gasteiger partial charge in [0.1, 0.15) is 13.2 Å². The van der Waals surface area contributed by atoms with Gasteiger partial charge in [0.15, 0.2) is 11.6 Å². The number of benzene rings is 2. The predicted octanol–water partition coefficient (Wildman–Crippen LogP) is 3.40. The standard InChI is InChI=1S/C18H14Cl2N4O3S/c1-28(25,26)27-10-17-23-22-16-9-21-18(12-4-2-3-5-14(12)20)13-8-11(19)6-7-15(13)24(16)17/h2-8H,9-10H2,1H3. The Morgan fingerprint density at radius 3 is 2.64 bits per heavy atom. The molecule has 0 bridgehead atoms. The van der Waals surface area contributed by atoms with Crippen LogP contribution in [0.5, 0.6) is 0 Å². The summed E-state index contributed by atoms with van der Waals surface area (Å²) < 4.78 is 29.4. The summed E-state index contributed by atoms with van der Waals surface area (Å²) in [5, 5.41) is 9.32. The molecule has 0 spiro atoms. The van der Waals surface area contributed by atoms with Crippen LogP contribution in [0.4, 0.5) is 0 Å². The Hall–Kier alpha value is -2.26. The van der Waals surface area contributed by atoms with E-state index >= 15 is 0 Å². The molecular formula is C18H14Cl2N4O3S. The van der Waals surface area contributed by atoms with Gasteiger partial charge in [-0.15, -0.1) is 10.2 Å². The van der Waals surface area contributed by atoms with Gasteiger partial charge in [-0.2, -0.15) is 8.42 Å². The lowest BCUT2D eigenvalue weighted by Crippen LogP contribution is -2.12. The van der Waals surface area contributed by atoms with Gasteiger partial charge in [-0.1, -0.05) is 41.4 Å². The summed E-state index contributed by atoms with van der Waals surface area (Å²) in [7, 11) is -3.63. The Kier molecular flexibility index (Phi) is 4.96. The number of hydrogen-bond donors (Lipinski definition) is 0. The van der Waals surface area contributed by atoms with E-state index in [4.69, 9.17) is 32.4 Å². The van der Waals surface area contributed by atoms with Crippen LogP contribution in [0.15, 0.2) is 47.5 Å². The van der Waals surface area contributed by atoms with E-state index in [1.807, 2.05) is 24.3 Å². The molecule has 0 saturated heterocycles. The Labute approximate surface area is 171 Å². The van der Waals surface area contributed by atoms with E-state index in [0.717, 1.165) is 17.4 Å². The molecule has 0 radical (unpaired) electrons. The van der Waals surface area contributed by atoms with Crippen molar-refractivity contribution in [3.8, 4) is 5.69 Å². The van der Waals surface area contributed by atoms with E-state index < -0.39 is 10.1 Å². The Balaban J connectivity index is 1.89. The van der Waals surface area contributed by atoms with E-state index in [1.54, 1.807) is 22.8 Å². The molecule has 2 aromatic carbocycles. The zero-order valence-electron chi connectivity index (χ0n) is 14.6. The van der Waals surface area contributed by atoms with Crippen LogP contribution in [0.25, 0.3) is 5.69 Å². The smallest absolute Gasteiger partial charge is 0.264 e. The van der Waals surface area contributed by atoms with Crippen LogP contribution < -0.4 is 0 Å². The minimum Gasteiger partial charge on any atom is -0.279 e. The molecule has 0 N–H and O–H groups in total. The lowest BCUT2D eigenvalue weighted by molar-refractivity contribution is 0.299. The number of nitrogens with zero attached hydrogens (tertiary/aromatic N) is 4. The summed E-state index contributed by atoms with van der Waals surface area (Å²) in [5.74, 6) is 0.900. The summed E-state index contributed by atoms with van der Waals surface area (Å²) in [6.45, 7) is -0.00590. The van der Waals surface area contributed by atoms with Gasteiger partial charge in [-0.05, 0) is 24.3 Å². The molecule has 0 atom stereocenters. The van der Waals surface area contributed by atoms with Gasteiger partial charge in [0.25, 0.3) is 10.1 Å². The predicted molar refractivity (Wildman–Crippen MR) is 107 cm³/mol. The number of aliphatic imine (C=N–C) groups is 1. The van der Waals surface area contributed by atoms with E-state index in [-0.39, 0.29) is 13.2 Å². The fraction of sp³-hybridized carbons (Fsp3) is 0.167. The minimum atomic E-state index is -3.63. The monoisotopic (exact) mass is 436 g/mol. The molecule has 3 aromatic rings. The summed E-state index contributed by atoms with van der Waals surface area (Å²) >= 11 is 12.7. The van der Waals surface area contributed by atoms with E-state index in [1.165, 1.54) is 0 Å². The first-order valence-electron chi connectivity index (χ1n) is 8.21. The normalized spacial score (nSPS) is 13.5. The molecule has 2 heterocycles. The fourth-order valence-corrected chi connectivity index (χ4v) is 3.72. The second-order valence-corrected chi connectivity index (χ2v) is 8.63. The Morgan fingerprint density at radius 1 is 1.11 bits per heavy atom. The van der Waals surface area contributed by atoms with Crippen molar-refractivity contribution in [2.45, 2.75) is 13.2 Å². The quantitative estimate of drug-likeness (QED) is 0.584. The highest BCUT2D eigenvalue weighted by Crippen LogP contribution is 2.30. The molecule has 0 aliphatic carbocycles. The van der Waals surface area contributed by atoms with E-state index in [9.17, 15) is 8.42 Å². The summed E-state index contributed by atoms with van der Waals surface area (Å²) in [5.41, 5.74) is 2.89. The molecule has 0 fully saturated rings. The maximum absolute atomic E-state index is 11.4. The molecule has 1 aliphatic rings. The second kappa shape index (κ2) is 7.29. The van der Waals surface area contributed by atoms with Crippen molar-refractivity contribution in [1.82, 2.24) is 14.8 Å². The van der Waals surface area contributed by atoms with Gasteiger partial charge in [0, 0.05) is 21.2 Å². The molecule has 28 heavy (non-hydrogen) atoms. The molecule has 0 saturated carbocycles. The Bertz CT molecular complexity index is 1210. The van der Waals surface area contributed by atoms with Crippen molar-refractivity contribution in [2.75, 3.05) is 6.26 Å². The minimum absolute atomic E-state index is 0.235. The topological polar surface area (TPSA) is 86.4 Å². The summed E-state index contributed by atoms with van der Waals surface area (Å²) in [6.07, 6.45) is 0.985. The first-order chi connectivity index (χ1) is 13.3. The second-order valence-electron chi connectivity index (χ2n) is 6.14. The highest BCUT2D eigenvalue weighted by Gasteiger charge is 2.24. The van der Waals surface area contributed by atoms with Gasteiger partial charge in [-0.3, -0.25) is 13.7 Å². The van der Waals surface area contributed by atoms with Crippen LogP contribution in [0, 0.1) is 0 Å². The van der Waals surface area contributed by atoms with Crippen LogP contribution in [0.3, 0.4) is 0 Å². The molecular weight excluding hydrogens is 423 g/mol. The number of fused-ring (bicyclic) bond motifs is 3. The van der Waals surface area contributed by atoms with Crippen molar-refractivity contribution in [1.29, 1.82) is 0 Å². The molecule has 10 heteroatoms. The summed E-state index contributed by atoms with van der Waals surface area (Å²) in [6, 6.07) is 12.7. The third-order valence-corrected chi connectivity index (χ3v) is 5.27. The molecule has 0 unspecified atom stereocenters. The van der Waals surface area contributed by atoms with Crippen molar-refractivity contribution in [2.24, 2.45) is 4.99 Å². The lowest BCUT2D eigenvalue weighted by Gasteiger charge is -2.14. The van der Waals surface area contributed by atoms with Gasteiger partial charge in [-0.25, -0.2) is 0 Å². The number of aromatic nitrogens is 3. The lowest BCUT2D eigenvalue weighted by atomic mass is 10.0. The zero-order chi connectivity index (χ0) is 19.9. The fourth-order valence-electron chi connectivity index (χ4n) is 3.00. The van der Waals surface area contributed by atoms with Crippen molar-refractivity contribution >= 4 is 39.0 Å². The Morgan fingerprint density at radius 2 is 1.89 bits per heavy atom. The summed E-state index contributed by atoms with van der Waals surface area (Å²) in [4.78, 5) is 4.69. The van der Waals surface area contributed by atoms with Crippen LogP contribution in [-0.4, -0.2) is 35.1 Å². The molecule has 1 aliphatic heterocycles. The molecule has 1 aromatic heterocycles. The van der Waals surface area contributed by atoms with Crippen LogP contribution in [0.2, 0.25) is 10.0 Å². The van der Waals surface area contributed by atoms with Crippen LogP contribution in [0.1, 0.15) is 22.8 Å². The average molecular weight is 437 g/mol. The van der Waals surface area contributed by atoms with Gasteiger partial charge >= 0.3 is 0 Å². The van der Waals surface area contributed by atoms with E-state index in [2.05, 4.69) is 10.2 Å². The van der Waals surface area contributed by atoms with E-state index in [0.29, 0.717) is 33.1 Å². The first-order valence-corrected chi connectivity index (χ1v) is 10.8. The number of hydrogen-bond acceptors (Lipinski definition) is 6. The van der Waals surface area contributed by atoms with Crippen molar-refractivity contribution in [3.05, 3.63) is 75.3 Å². The molecule has 144 valence electrons. The zero-order valence-corrected chi connectivity index (χ0v) is 17.0. The van der Waals surface area contributed by atoms with Gasteiger partial charge < -0.3 is 0 Å². The third-order valence-electron chi connectivity index (χ3n) is 4.16. The van der Waals surface area contributed by atoms with Crippen molar-refractivity contribution < 1.29 is 12.6 Å². The highest BCUT2D eigenvalue weighted by atomic mass is 35.5. The molecule has 4 rings (SSSR count). The maximum atomic E-state index is 11.4.